The van der Waals surface area contributed by atoms with Crippen LogP contribution in [0.15, 0.2) is 12.2 Å². The molecule has 0 fully saturated rings. The Hall–Kier alpha value is -0.813. The summed E-state index contributed by atoms with van der Waals surface area (Å²) < 4.78 is 11.4. The molecular formula is C16H33NO3Si. The number of nitrogens with one attached hydrogen (secondary N) is 1. The average Bonchev–Trinajstić information content (AvgIpc) is 2.19. The highest BCUT2D eigenvalue weighted by Gasteiger charge is 2.37. The summed E-state index contributed by atoms with van der Waals surface area (Å²) in [6.07, 6.45) is -0.436. The second-order valence-electron chi connectivity index (χ2n) is 8.12. The lowest BCUT2D eigenvalue weighted by molar-refractivity contribution is 0.0496. The molecule has 0 aliphatic heterocycles. The lowest BCUT2D eigenvalue weighted by Crippen LogP contribution is -2.47. The Morgan fingerprint density at radius 2 is 1.67 bits per heavy atom. The fourth-order valence-electron chi connectivity index (χ4n) is 1.27. The Bertz CT molecular complexity index is 378. The summed E-state index contributed by atoms with van der Waals surface area (Å²) in [5.41, 5.74) is 0.351. The molecule has 0 rings (SSSR count). The van der Waals surface area contributed by atoms with Crippen molar-refractivity contribution in [3.05, 3.63) is 12.2 Å². The molecule has 0 saturated heterocycles. The van der Waals surface area contributed by atoms with Crippen LogP contribution in [-0.2, 0) is 9.16 Å². The van der Waals surface area contributed by atoms with Crippen LogP contribution < -0.4 is 5.32 Å². The van der Waals surface area contributed by atoms with Gasteiger partial charge in [0.2, 0.25) is 0 Å². The molecule has 0 radical (unpaired) electrons. The molecule has 4 nitrogen and oxygen atoms in total. The number of amides is 1. The fraction of sp³-hybridized carbons (Fsp3) is 0.812. The molecule has 1 amide bonds. The van der Waals surface area contributed by atoms with Crippen molar-refractivity contribution in [1.82, 2.24) is 5.32 Å². The molecule has 0 bridgehead atoms. The minimum absolute atomic E-state index is 0.137. The molecule has 0 spiro atoms. The number of hydrogen-bond acceptors (Lipinski definition) is 3. The van der Waals surface area contributed by atoms with E-state index >= 15 is 0 Å². The van der Waals surface area contributed by atoms with E-state index in [-0.39, 0.29) is 11.1 Å². The van der Waals surface area contributed by atoms with E-state index in [0.29, 0.717) is 6.61 Å². The number of carbonyl (C=O) groups is 1. The Labute approximate surface area is 131 Å². The highest BCUT2D eigenvalue weighted by atomic mass is 28.4. The standard InChI is InChI=1S/C16H33NO3Si/c1-12(2)13(17-14(18)20-15(3,4)5)11-19-21(9,10)16(6,7)8/h13H,1,11H2,2-10H3,(H,17,18)/t13-/m1/s1. The Balaban J connectivity index is 4.67. The van der Waals surface area contributed by atoms with Gasteiger partial charge in [-0.25, -0.2) is 4.79 Å². The van der Waals surface area contributed by atoms with Crippen molar-refractivity contribution in [3.8, 4) is 0 Å². The van der Waals surface area contributed by atoms with Gasteiger partial charge in [-0.1, -0.05) is 32.9 Å². The summed E-state index contributed by atoms with van der Waals surface area (Å²) in [5, 5.41) is 2.97. The summed E-state index contributed by atoms with van der Waals surface area (Å²) in [5.74, 6) is 0. The van der Waals surface area contributed by atoms with Crippen LogP contribution >= 0.6 is 0 Å². The van der Waals surface area contributed by atoms with Crippen molar-refractivity contribution in [2.45, 2.75) is 78.2 Å². The van der Waals surface area contributed by atoms with Gasteiger partial charge in [-0.15, -0.1) is 0 Å². The first-order valence-corrected chi connectivity index (χ1v) is 10.4. The number of carbonyl (C=O) groups excluding carboxylic acids is 1. The van der Waals surface area contributed by atoms with Crippen molar-refractivity contribution in [3.63, 3.8) is 0 Å². The largest absolute Gasteiger partial charge is 0.444 e. The van der Waals surface area contributed by atoms with Gasteiger partial charge in [-0.2, -0.15) is 0 Å². The van der Waals surface area contributed by atoms with Gasteiger partial charge in [0.25, 0.3) is 0 Å². The zero-order chi connectivity index (χ0) is 17.1. The third-order valence-electron chi connectivity index (χ3n) is 3.70. The Kier molecular flexibility index (Phi) is 6.69. The van der Waals surface area contributed by atoms with E-state index < -0.39 is 20.0 Å². The monoisotopic (exact) mass is 315 g/mol. The Morgan fingerprint density at radius 1 is 1.19 bits per heavy atom. The zero-order valence-electron chi connectivity index (χ0n) is 15.2. The van der Waals surface area contributed by atoms with Crippen LogP contribution in [0.25, 0.3) is 0 Å². The second-order valence-corrected chi connectivity index (χ2v) is 12.9. The van der Waals surface area contributed by atoms with Gasteiger partial charge in [0.15, 0.2) is 8.32 Å². The van der Waals surface area contributed by atoms with Crippen molar-refractivity contribution < 1.29 is 14.0 Å². The molecule has 1 atom stereocenters. The molecule has 1 N–H and O–H groups in total. The summed E-state index contributed by atoms with van der Waals surface area (Å²) in [6, 6.07) is -0.228. The Morgan fingerprint density at radius 3 is 2.00 bits per heavy atom. The van der Waals surface area contributed by atoms with Gasteiger partial charge in [-0.3, -0.25) is 0 Å². The van der Waals surface area contributed by atoms with Crippen LogP contribution in [0.3, 0.4) is 0 Å². The first kappa shape index (κ1) is 20.2. The predicted octanol–water partition coefficient (Wildman–Crippen LogP) is 4.48. The van der Waals surface area contributed by atoms with E-state index in [1.807, 2.05) is 27.7 Å². The van der Waals surface area contributed by atoms with Crippen molar-refractivity contribution in [1.29, 1.82) is 0 Å². The lowest BCUT2D eigenvalue weighted by atomic mass is 10.1. The van der Waals surface area contributed by atoms with Gasteiger partial charge in [0, 0.05) is 0 Å². The van der Waals surface area contributed by atoms with E-state index in [0.717, 1.165) is 5.57 Å². The molecule has 0 heterocycles. The van der Waals surface area contributed by atoms with Gasteiger partial charge in [0.05, 0.1) is 12.6 Å². The maximum Gasteiger partial charge on any atom is 0.408 e. The maximum atomic E-state index is 11.9. The summed E-state index contributed by atoms with van der Waals surface area (Å²) in [4.78, 5) is 11.9. The van der Waals surface area contributed by atoms with Crippen LogP contribution in [0.1, 0.15) is 48.5 Å². The topological polar surface area (TPSA) is 47.6 Å². The van der Waals surface area contributed by atoms with Crippen LogP contribution in [0.4, 0.5) is 4.79 Å². The summed E-state index contributed by atoms with van der Waals surface area (Å²) in [7, 11) is -1.84. The molecule has 0 aromatic heterocycles. The van der Waals surface area contributed by atoms with Crippen LogP contribution in [0.2, 0.25) is 18.1 Å². The first-order chi connectivity index (χ1) is 9.16. The molecule has 0 aromatic rings. The zero-order valence-corrected chi connectivity index (χ0v) is 16.2. The predicted molar refractivity (Wildman–Crippen MR) is 91.1 cm³/mol. The molecule has 0 saturated carbocycles. The third kappa shape index (κ3) is 7.67. The highest BCUT2D eigenvalue weighted by molar-refractivity contribution is 6.74. The minimum Gasteiger partial charge on any atom is -0.444 e. The smallest absolute Gasteiger partial charge is 0.408 e. The van der Waals surface area contributed by atoms with E-state index in [1.54, 1.807) is 0 Å². The quantitative estimate of drug-likeness (QED) is 0.601. The van der Waals surface area contributed by atoms with Gasteiger partial charge in [0.1, 0.15) is 5.60 Å². The molecular weight excluding hydrogens is 282 g/mol. The van der Waals surface area contributed by atoms with Crippen molar-refractivity contribution >= 4 is 14.4 Å². The molecule has 0 aromatic carbocycles. The van der Waals surface area contributed by atoms with E-state index in [4.69, 9.17) is 9.16 Å². The van der Waals surface area contributed by atoms with Crippen LogP contribution in [0, 0.1) is 0 Å². The molecule has 21 heavy (non-hydrogen) atoms. The van der Waals surface area contributed by atoms with Gasteiger partial charge in [-0.05, 0) is 45.8 Å². The molecule has 0 aliphatic rings. The molecule has 5 heteroatoms. The number of rotatable bonds is 5. The summed E-state index contributed by atoms with van der Waals surface area (Å²) >= 11 is 0. The third-order valence-corrected chi connectivity index (χ3v) is 8.20. The van der Waals surface area contributed by atoms with E-state index in [9.17, 15) is 4.79 Å². The normalized spacial score (nSPS) is 14.5. The fourth-order valence-corrected chi connectivity index (χ4v) is 2.28. The van der Waals surface area contributed by atoms with E-state index in [1.165, 1.54) is 0 Å². The SMILES string of the molecule is C=C(C)[C@@H](CO[Si](C)(C)C(C)(C)C)NC(=O)OC(C)(C)C. The molecule has 124 valence electrons. The molecule has 0 unspecified atom stereocenters. The lowest BCUT2D eigenvalue weighted by Gasteiger charge is -2.37. The number of hydrogen-bond donors (Lipinski definition) is 1. The van der Waals surface area contributed by atoms with Crippen molar-refractivity contribution in [2.24, 2.45) is 0 Å². The van der Waals surface area contributed by atoms with Crippen LogP contribution in [0.5, 0.6) is 0 Å². The second kappa shape index (κ2) is 6.96. The highest BCUT2D eigenvalue weighted by Crippen LogP contribution is 2.36. The summed E-state index contributed by atoms with van der Waals surface area (Å²) in [6.45, 7) is 22.7. The van der Waals surface area contributed by atoms with Crippen molar-refractivity contribution in [2.75, 3.05) is 6.61 Å². The average molecular weight is 316 g/mol. The van der Waals surface area contributed by atoms with Crippen LogP contribution in [-0.4, -0.2) is 32.7 Å². The van der Waals surface area contributed by atoms with E-state index in [2.05, 4.69) is 45.8 Å². The number of ether oxygens (including phenoxy) is 1. The van der Waals surface area contributed by atoms with Gasteiger partial charge >= 0.3 is 6.09 Å². The first-order valence-electron chi connectivity index (χ1n) is 7.44. The van der Waals surface area contributed by atoms with Gasteiger partial charge < -0.3 is 14.5 Å². The maximum absolute atomic E-state index is 11.9. The minimum atomic E-state index is -1.84. The molecule has 0 aliphatic carbocycles. The number of alkyl carbamates (subject to hydrolysis) is 1.